The van der Waals surface area contributed by atoms with Crippen molar-refractivity contribution in [1.29, 1.82) is 0 Å². The third kappa shape index (κ3) is 3.62. The lowest BCUT2D eigenvalue weighted by molar-refractivity contribution is -0.0819. The van der Waals surface area contributed by atoms with Gasteiger partial charge in [0.1, 0.15) is 17.7 Å². The van der Waals surface area contributed by atoms with Crippen LogP contribution in [-0.2, 0) is 9.47 Å². The zero-order chi connectivity index (χ0) is 16.9. The second-order valence-corrected chi connectivity index (χ2v) is 5.40. The average molecular weight is 340 g/mol. The van der Waals surface area contributed by atoms with E-state index >= 15 is 0 Å². The van der Waals surface area contributed by atoms with Gasteiger partial charge in [-0.15, -0.1) is 0 Å². The predicted molar refractivity (Wildman–Crippen MR) is 87.6 cm³/mol. The lowest BCUT2D eigenvalue weighted by atomic mass is 10.2. The molecule has 0 spiro atoms. The normalized spacial score (nSPS) is 17.4. The van der Waals surface area contributed by atoms with Crippen LogP contribution in [0.2, 0.25) is 0 Å². The topological polar surface area (TPSA) is 108 Å². The summed E-state index contributed by atoms with van der Waals surface area (Å²) in [7, 11) is 0. The Bertz CT molecular complexity index is 820. The quantitative estimate of drug-likeness (QED) is 0.737. The van der Waals surface area contributed by atoms with Crippen molar-refractivity contribution in [3.05, 3.63) is 37.1 Å². The molecule has 1 aliphatic heterocycles. The summed E-state index contributed by atoms with van der Waals surface area (Å²) in [5.74, 6) is 1.40. The van der Waals surface area contributed by atoms with E-state index in [1.807, 2.05) is 12.1 Å². The van der Waals surface area contributed by atoms with Gasteiger partial charge in [-0.3, -0.25) is 4.98 Å². The summed E-state index contributed by atoms with van der Waals surface area (Å²) in [4.78, 5) is 16.8. The van der Waals surface area contributed by atoms with Gasteiger partial charge >= 0.3 is 0 Å². The second kappa shape index (κ2) is 7.32. The fourth-order valence-corrected chi connectivity index (χ4v) is 2.44. The lowest BCUT2D eigenvalue weighted by Crippen LogP contribution is -2.34. The van der Waals surface area contributed by atoms with E-state index in [1.165, 1.54) is 6.33 Å². The van der Waals surface area contributed by atoms with Crippen molar-refractivity contribution in [2.45, 2.75) is 6.10 Å². The van der Waals surface area contributed by atoms with Gasteiger partial charge < -0.3 is 19.3 Å². The van der Waals surface area contributed by atoms with Gasteiger partial charge in [0, 0.05) is 30.7 Å². The van der Waals surface area contributed by atoms with Crippen molar-refractivity contribution < 1.29 is 14.0 Å². The standard InChI is InChI=1S/C16H16N6O3/c1-2-11(6-17-3-1)14-21-16(25-22-14)13-8-18-10-20-15(13)19-7-12-9-23-4-5-24-12/h1-3,6,8,10,12H,4-5,7,9H2,(H,18,19,20)/t12-/m1/s1. The van der Waals surface area contributed by atoms with Crippen molar-refractivity contribution in [3.8, 4) is 22.8 Å². The Morgan fingerprint density at radius 3 is 3.04 bits per heavy atom. The van der Waals surface area contributed by atoms with E-state index in [-0.39, 0.29) is 6.10 Å². The Labute approximate surface area is 143 Å². The zero-order valence-corrected chi connectivity index (χ0v) is 13.3. The Balaban J connectivity index is 1.53. The lowest BCUT2D eigenvalue weighted by Gasteiger charge is -2.23. The third-order valence-corrected chi connectivity index (χ3v) is 3.67. The van der Waals surface area contributed by atoms with Crippen LogP contribution in [0, 0.1) is 0 Å². The first-order chi connectivity index (χ1) is 12.4. The van der Waals surface area contributed by atoms with Crippen LogP contribution in [0.4, 0.5) is 5.82 Å². The summed E-state index contributed by atoms with van der Waals surface area (Å²) in [5, 5.41) is 7.23. The monoisotopic (exact) mass is 340 g/mol. The minimum atomic E-state index is -0.0230. The number of ether oxygens (including phenoxy) is 2. The largest absolute Gasteiger partial charge is 0.376 e. The molecule has 25 heavy (non-hydrogen) atoms. The highest BCUT2D eigenvalue weighted by atomic mass is 16.6. The van der Waals surface area contributed by atoms with Crippen molar-refractivity contribution >= 4 is 5.82 Å². The number of aromatic nitrogens is 5. The van der Waals surface area contributed by atoms with Crippen LogP contribution >= 0.6 is 0 Å². The summed E-state index contributed by atoms with van der Waals surface area (Å²) in [6.45, 7) is 2.35. The fourth-order valence-electron chi connectivity index (χ4n) is 2.44. The van der Waals surface area contributed by atoms with E-state index in [9.17, 15) is 0 Å². The number of hydrogen-bond acceptors (Lipinski definition) is 9. The molecule has 9 heteroatoms. The van der Waals surface area contributed by atoms with Gasteiger partial charge in [0.25, 0.3) is 5.89 Å². The first-order valence-corrected chi connectivity index (χ1v) is 7.88. The minimum Gasteiger partial charge on any atom is -0.376 e. The Morgan fingerprint density at radius 1 is 1.20 bits per heavy atom. The molecule has 0 saturated carbocycles. The summed E-state index contributed by atoms with van der Waals surface area (Å²) in [5.41, 5.74) is 1.40. The molecule has 0 bridgehead atoms. The van der Waals surface area contributed by atoms with Crippen LogP contribution in [0.1, 0.15) is 0 Å². The SMILES string of the molecule is c1cncc(-c2noc(-c3cncnc3NC[C@@H]3COCCO3)n2)c1. The van der Waals surface area contributed by atoms with E-state index in [1.54, 1.807) is 18.6 Å². The summed E-state index contributed by atoms with van der Waals surface area (Å²) in [6, 6.07) is 3.68. The second-order valence-electron chi connectivity index (χ2n) is 5.40. The number of rotatable bonds is 5. The fraction of sp³-hybridized carbons (Fsp3) is 0.312. The molecule has 0 unspecified atom stereocenters. The molecule has 1 N–H and O–H groups in total. The highest BCUT2D eigenvalue weighted by Gasteiger charge is 2.18. The van der Waals surface area contributed by atoms with Crippen LogP contribution in [0.25, 0.3) is 22.8 Å². The molecule has 1 saturated heterocycles. The maximum Gasteiger partial charge on any atom is 0.263 e. The molecule has 4 rings (SSSR count). The molecule has 1 fully saturated rings. The first kappa shape index (κ1) is 15.6. The van der Waals surface area contributed by atoms with Gasteiger partial charge in [-0.1, -0.05) is 5.16 Å². The van der Waals surface area contributed by atoms with Gasteiger partial charge in [-0.25, -0.2) is 9.97 Å². The van der Waals surface area contributed by atoms with Crippen LogP contribution in [-0.4, -0.2) is 57.6 Å². The number of nitrogens with one attached hydrogen (secondary N) is 1. The van der Waals surface area contributed by atoms with Crippen LogP contribution < -0.4 is 5.32 Å². The average Bonchev–Trinajstić information content (AvgIpc) is 3.18. The van der Waals surface area contributed by atoms with Gasteiger partial charge in [0.15, 0.2) is 0 Å². The van der Waals surface area contributed by atoms with E-state index in [4.69, 9.17) is 14.0 Å². The van der Waals surface area contributed by atoms with Crippen LogP contribution in [0.3, 0.4) is 0 Å². The minimum absolute atomic E-state index is 0.0230. The number of anilines is 1. The van der Waals surface area contributed by atoms with Crippen molar-refractivity contribution in [2.24, 2.45) is 0 Å². The number of pyridine rings is 1. The van der Waals surface area contributed by atoms with E-state index in [0.29, 0.717) is 49.5 Å². The molecule has 1 aliphatic rings. The third-order valence-electron chi connectivity index (χ3n) is 3.67. The molecular weight excluding hydrogens is 324 g/mol. The van der Waals surface area contributed by atoms with E-state index < -0.39 is 0 Å². The summed E-state index contributed by atoms with van der Waals surface area (Å²) >= 11 is 0. The van der Waals surface area contributed by atoms with E-state index in [0.717, 1.165) is 5.56 Å². The molecule has 3 aromatic heterocycles. The molecule has 0 aromatic carbocycles. The molecule has 3 aromatic rings. The van der Waals surface area contributed by atoms with Gasteiger partial charge in [-0.2, -0.15) is 4.98 Å². The molecule has 0 aliphatic carbocycles. The molecular formula is C16H16N6O3. The van der Waals surface area contributed by atoms with Crippen LogP contribution in [0.5, 0.6) is 0 Å². The first-order valence-electron chi connectivity index (χ1n) is 7.88. The Morgan fingerprint density at radius 2 is 2.20 bits per heavy atom. The van der Waals surface area contributed by atoms with E-state index in [2.05, 4.69) is 30.4 Å². The Hall–Kier alpha value is -2.91. The number of hydrogen-bond donors (Lipinski definition) is 1. The van der Waals surface area contributed by atoms with Crippen molar-refractivity contribution in [1.82, 2.24) is 25.1 Å². The molecule has 4 heterocycles. The zero-order valence-electron chi connectivity index (χ0n) is 13.3. The molecule has 0 amide bonds. The molecule has 128 valence electrons. The maximum atomic E-state index is 5.62. The molecule has 9 nitrogen and oxygen atoms in total. The molecule has 1 atom stereocenters. The smallest absolute Gasteiger partial charge is 0.263 e. The van der Waals surface area contributed by atoms with Crippen molar-refractivity contribution in [3.63, 3.8) is 0 Å². The summed E-state index contributed by atoms with van der Waals surface area (Å²) in [6.07, 6.45) is 6.44. The molecule has 0 radical (unpaired) electrons. The van der Waals surface area contributed by atoms with Gasteiger partial charge in [0.05, 0.1) is 25.9 Å². The summed E-state index contributed by atoms with van der Waals surface area (Å²) < 4.78 is 16.4. The van der Waals surface area contributed by atoms with Crippen molar-refractivity contribution in [2.75, 3.05) is 31.7 Å². The van der Waals surface area contributed by atoms with Crippen LogP contribution in [0.15, 0.2) is 41.6 Å². The maximum absolute atomic E-state index is 5.62. The van der Waals surface area contributed by atoms with Gasteiger partial charge in [-0.05, 0) is 12.1 Å². The van der Waals surface area contributed by atoms with Gasteiger partial charge in [0.2, 0.25) is 5.82 Å². The predicted octanol–water partition coefficient (Wildman–Crippen LogP) is 1.42. The highest BCUT2D eigenvalue weighted by molar-refractivity contribution is 5.69. The number of nitrogens with zero attached hydrogens (tertiary/aromatic N) is 5. The Kier molecular flexibility index (Phi) is 4.57. The highest BCUT2D eigenvalue weighted by Crippen LogP contribution is 2.26.